The summed E-state index contributed by atoms with van der Waals surface area (Å²) >= 11 is 0. The molecule has 2 aromatic rings. The molecule has 3 rings (SSSR count). The number of pyridine rings is 1. The zero-order chi connectivity index (χ0) is 18.5. The summed E-state index contributed by atoms with van der Waals surface area (Å²) in [5.41, 5.74) is 3.67. The van der Waals surface area contributed by atoms with Crippen LogP contribution in [-0.2, 0) is 0 Å². The molecule has 1 N–H and O–H groups in total. The van der Waals surface area contributed by atoms with Crippen LogP contribution in [0.15, 0.2) is 36.5 Å². The Balaban J connectivity index is 1.75. The lowest BCUT2D eigenvalue weighted by molar-refractivity contribution is 0.0761. The number of carbonyl (C=O) groups excluding carboxylic acids is 2. The van der Waals surface area contributed by atoms with Crippen molar-refractivity contribution in [2.45, 2.75) is 39.5 Å². The zero-order valence-electron chi connectivity index (χ0n) is 15.4. The third-order valence-electron chi connectivity index (χ3n) is 4.76. The monoisotopic (exact) mass is 351 g/mol. The molecule has 2 heterocycles. The van der Waals surface area contributed by atoms with Crippen LogP contribution in [0.4, 0.5) is 5.69 Å². The van der Waals surface area contributed by atoms with E-state index >= 15 is 0 Å². The van der Waals surface area contributed by atoms with E-state index in [9.17, 15) is 9.59 Å². The van der Waals surface area contributed by atoms with Gasteiger partial charge in [0, 0.05) is 30.5 Å². The SMILES string of the molecule is Cc1ccc(NC(=O)c2cc(C(=O)N3CCCCCC3)ccn2)c(C)c1. The number of rotatable bonds is 3. The molecule has 0 aliphatic carbocycles. The fourth-order valence-electron chi connectivity index (χ4n) is 3.28. The van der Waals surface area contributed by atoms with E-state index in [1.165, 1.54) is 19.0 Å². The average molecular weight is 351 g/mol. The van der Waals surface area contributed by atoms with Gasteiger partial charge in [-0.25, -0.2) is 0 Å². The van der Waals surface area contributed by atoms with Gasteiger partial charge in [-0.1, -0.05) is 30.5 Å². The Morgan fingerprint density at radius 3 is 2.42 bits per heavy atom. The molecule has 0 spiro atoms. The van der Waals surface area contributed by atoms with E-state index < -0.39 is 0 Å². The van der Waals surface area contributed by atoms with Gasteiger partial charge in [0.1, 0.15) is 5.69 Å². The zero-order valence-corrected chi connectivity index (χ0v) is 15.4. The molecule has 5 nitrogen and oxygen atoms in total. The normalized spacial score (nSPS) is 14.6. The van der Waals surface area contributed by atoms with Crippen molar-refractivity contribution in [2.75, 3.05) is 18.4 Å². The Bertz CT molecular complexity index is 809. The van der Waals surface area contributed by atoms with Gasteiger partial charge >= 0.3 is 0 Å². The number of nitrogens with zero attached hydrogens (tertiary/aromatic N) is 2. The molecule has 5 heteroatoms. The molecule has 1 aromatic carbocycles. The fraction of sp³-hybridized carbons (Fsp3) is 0.381. The van der Waals surface area contributed by atoms with Crippen molar-refractivity contribution in [3.05, 3.63) is 58.9 Å². The van der Waals surface area contributed by atoms with E-state index in [2.05, 4.69) is 10.3 Å². The first-order chi connectivity index (χ1) is 12.5. The van der Waals surface area contributed by atoms with Crippen molar-refractivity contribution in [3.8, 4) is 0 Å². The van der Waals surface area contributed by atoms with Crippen molar-refractivity contribution < 1.29 is 9.59 Å². The molecular formula is C21H25N3O2. The predicted octanol–water partition coefficient (Wildman–Crippen LogP) is 3.97. The van der Waals surface area contributed by atoms with Crippen molar-refractivity contribution in [2.24, 2.45) is 0 Å². The minimum Gasteiger partial charge on any atom is -0.339 e. The first-order valence-corrected chi connectivity index (χ1v) is 9.18. The Morgan fingerprint density at radius 2 is 1.73 bits per heavy atom. The van der Waals surface area contributed by atoms with Crippen LogP contribution in [0.3, 0.4) is 0 Å². The number of nitrogens with one attached hydrogen (secondary N) is 1. The van der Waals surface area contributed by atoms with Crippen LogP contribution in [-0.4, -0.2) is 34.8 Å². The second-order valence-corrected chi connectivity index (χ2v) is 6.91. The molecule has 0 saturated carbocycles. The molecule has 1 aliphatic heterocycles. The summed E-state index contributed by atoms with van der Waals surface area (Å²) < 4.78 is 0. The van der Waals surface area contributed by atoms with Crippen molar-refractivity contribution in [1.29, 1.82) is 0 Å². The smallest absolute Gasteiger partial charge is 0.274 e. The average Bonchev–Trinajstić information content (AvgIpc) is 2.93. The summed E-state index contributed by atoms with van der Waals surface area (Å²) in [4.78, 5) is 31.3. The number of aromatic nitrogens is 1. The molecule has 1 aliphatic rings. The lowest BCUT2D eigenvalue weighted by Crippen LogP contribution is -2.32. The maximum absolute atomic E-state index is 12.7. The lowest BCUT2D eigenvalue weighted by Gasteiger charge is -2.20. The van der Waals surface area contributed by atoms with E-state index in [4.69, 9.17) is 0 Å². The topological polar surface area (TPSA) is 62.3 Å². The van der Waals surface area contributed by atoms with Gasteiger partial charge in [0.25, 0.3) is 11.8 Å². The summed E-state index contributed by atoms with van der Waals surface area (Å²) in [7, 11) is 0. The molecular weight excluding hydrogens is 326 g/mol. The van der Waals surface area contributed by atoms with Gasteiger partial charge in [-0.3, -0.25) is 14.6 Å². The standard InChI is InChI=1S/C21H25N3O2/c1-15-7-8-18(16(2)13-15)23-20(25)19-14-17(9-10-22-19)21(26)24-11-5-3-4-6-12-24/h7-10,13-14H,3-6,11-12H2,1-2H3,(H,23,25). The second-order valence-electron chi connectivity index (χ2n) is 6.91. The lowest BCUT2D eigenvalue weighted by atomic mass is 10.1. The number of amides is 2. The molecule has 2 amide bonds. The Kier molecular flexibility index (Phi) is 5.66. The molecule has 26 heavy (non-hydrogen) atoms. The van der Waals surface area contributed by atoms with Crippen LogP contribution >= 0.6 is 0 Å². The highest BCUT2D eigenvalue weighted by molar-refractivity contribution is 6.05. The number of hydrogen-bond acceptors (Lipinski definition) is 3. The number of carbonyl (C=O) groups is 2. The number of likely N-dealkylation sites (tertiary alicyclic amines) is 1. The summed E-state index contributed by atoms with van der Waals surface area (Å²) in [6.07, 6.45) is 5.95. The van der Waals surface area contributed by atoms with Crippen LogP contribution in [0.2, 0.25) is 0 Å². The molecule has 0 bridgehead atoms. The highest BCUT2D eigenvalue weighted by Crippen LogP contribution is 2.18. The largest absolute Gasteiger partial charge is 0.339 e. The Labute approximate surface area is 154 Å². The highest BCUT2D eigenvalue weighted by atomic mass is 16.2. The van der Waals surface area contributed by atoms with Crippen LogP contribution in [0.25, 0.3) is 0 Å². The van der Waals surface area contributed by atoms with E-state index in [1.54, 1.807) is 12.1 Å². The highest BCUT2D eigenvalue weighted by Gasteiger charge is 2.19. The number of aryl methyl sites for hydroxylation is 2. The first-order valence-electron chi connectivity index (χ1n) is 9.18. The van der Waals surface area contributed by atoms with Gasteiger partial charge in [-0.15, -0.1) is 0 Å². The number of anilines is 1. The summed E-state index contributed by atoms with van der Waals surface area (Å²) in [5, 5.41) is 2.88. The molecule has 0 atom stereocenters. The van der Waals surface area contributed by atoms with Crippen LogP contribution in [0, 0.1) is 13.8 Å². The molecule has 136 valence electrons. The molecule has 1 fully saturated rings. The van der Waals surface area contributed by atoms with Crippen molar-refractivity contribution in [3.63, 3.8) is 0 Å². The minimum absolute atomic E-state index is 0.0186. The van der Waals surface area contributed by atoms with Gasteiger partial charge in [0.2, 0.25) is 0 Å². The maximum atomic E-state index is 12.7. The predicted molar refractivity (Wildman–Crippen MR) is 102 cm³/mol. The second kappa shape index (κ2) is 8.13. The van der Waals surface area contributed by atoms with Crippen molar-refractivity contribution >= 4 is 17.5 Å². The minimum atomic E-state index is -0.303. The molecule has 1 saturated heterocycles. The van der Waals surface area contributed by atoms with Gasteiger partial charge in [0.05, 0.1) is 0 Å². The number of benzene rings is 1. The van der Waals surface area contributed by atoms with E-state index in [-0.39, 0.29) is 17.5 Å². The van der Waals surface area contributed by atoms with Gasteiger partial charge in [-0.05, 0) is 50.5 Å². The first kappa shape index (κ1) is 18.1. The van der Waals surface area contributed by atoms with Crippen molar-refractivity contribution in [1.82, 2.24) is 9.88 Å². The van der Waals surface area contributed by atoms with Gasteiger partial charge in [-0.2, -0.15) is 0 Å². The summed E-state index contributed by atoms with van der Waals surface area (Å²) in [6, 6.07) is 9.12. The molecule has 0 radical (unpaired) electrons. The quantitative estimate of drug-likeness (QED) is 0.910. The third-order valence-corrected chi connectivity index (χ3v) is 4.76. The summed E-state index contributed by atoms with van der Waals surface area (Å²) in [6.45, 7) is 5.53. The molecule has 0 unspecified atom stereocenters. The van der Waals surface area contributed by atoms with E-state index in [0.29, 0.717) is 5.56 Å². The van der Waals surface area contributed by atoms with Gasteiger partial charge in [0.15, 0.2) is 0 Å². The number of hydrogen-bond donors (Lipinski definition) is 1. The maximum Gasteiger partial charge on any atom is 0.274 e. The summed E-state index contributed by atoms with van der Waals surface area (Å²) in [5.74, 6) is -0.322. The molecule has 1 aromatic heterocycles. The van der Waals surface area contributed by atoms with Crippen LogP contribution in [0.1, 0.15) is 57.7 Å². The van der Waals surface area contributed by atoms with Crippen LogP contribution in [0.5, 0.6) is 0 Å². The van der Waals surface area contributed by atoms with E-state index in [1.807, 2.05) is 36.9 Å². The fourth-order valence-corrected chi connectivity index (χ4v) is 3.28. The van der Waals surface area contributed by atoms with E-state index in [0.717, 1.165) is 42.7 Å². The van der Waals surface area contributed by atoms with Gasteiger partial charge < -0.3 is 10.2 Å². The Hall–Kier alpha value is -2.69. The third kappa shape index (κ3) is 4.28. The Morgan fingerprint density at radius 1 is 1.00 bits per heavy atom. The van der Waals surface area contributed by atoms with Crippen LogP contribution < -0.4 is 5.32 Å².